The smallest absolute Gasteiger partial charge is 0.222 e. The van der Waals surface area contributed by atoms with Crippen molar-refractivity contribution in [3.05, 3.63) is 35.1 Å². The van der Waals surface area contributed by atoms with Crippen LogP contribution < -0.4 is 0 Å². The van der Waals surface area contributed by atoms with E-state index in [1.807, 2.05) is 26.0 Å². The Balaban J connectivity index is 1.84. The molecule has 0 radical (unpaired) electrons. The number of hydrogen-bond acceptors (Lipinski definition) is 6. The second-order valence-electron chi connectivity index (χ2n) is 16.5. The van der Waals surface area contributed by atoms with E-state index in [4.69, 9.17) is 4.42 Å². The van der Waals surface area contributed by atoms with Crippen molar-refractivity contribution in [2.24, 2.45) is 33.0 Å². The maximum Gasteiger partial charge on any atom is 0.222 e. The number of carbonyl (C=O) groups excluding carboxylic acids is 2. The van der Waals surface area contributed by atoms with Gasteiger partial charge in [0.15, 0.2) is 11.6 Å². The summed E-state index contributed by atoms with van der Waals surface area (Å²) in [7, 11) is 0. The molecule has 1 aromatic heterocycles. The van der Waals surface area contributed by atoms with E-state index in [0.29, 0.717) is 0 Å². The molecule has 3 aliphatic carbocycles. The first-order chi connectivity index (χ1) is 19.9. The molecule has 0 N–H and O–H groups in total. The highest BCUT2D eigenvalue weighted by molar-refractivity contribution is 6.04. The van der Waals surface area contributed by atoms with Crippen LogP contribution >= 0.6 is 0 Å². The van der Waals surface area contributed by atoms with Gasteiger partial charge >= 0.3 is 0 Å². The van der Waals surface area contributed by atoms with E-state index >= 15 is 0 Å². The van der Waals surface area contributed by atoms with Crippen LogP contribution in [0.25, 0.3) is 0 Å². The van der Waals surface area contributed by atoms with E-state index in [1.54, 1.807) is 6.92 Å². The maximum atomic E-state index is 13.4. The maximum absolute atomic E-state index is 13.4. The van der Waals surface area contributed by atoms with Crippen LogP contribution in [0.5, 0.6) is 0 Å². The molecule has 0 saturated heterocycles. The Labute approximate surface area is 260 Å². The minimum atomic E-state index is -0.681. The fraction of sp³-hybridized carbons (Fsp3) is 0.757. The third-order valence-corrected chi connectivity index (χ3v) is 12.4. The van der Waals surface area contributed by atoms with Crippen LogP contribution in [0.15, 0.2) is 27.7 Å². The standard InChI is InChI=1S/C37H55N3O3/c1-11-13-29-39-40-31(43-29)34(7)19-18-32(3,4)15-12-16-35(8,21-20-34)37(10)17-14-27-33(5,6)30(42)26(24-38)23-36(27,9)28(37)22-25(2)41/h22-23,27H,11-21H2,1-10H3/b28-22-/t27-,34-,35-,36-,37+/m0/s1. The molecule has 43 heavy (non-hydrogen) atoms. The van der Waals surface area contributed by atoms with Crippen LogP contribution in [-0.2, 0) is 21.4 Å². The normalized spacial score (nSPS) is 37.2. The molecule has 236 valence electrons. The zero-order valence-corrected chi connectivity index (χ0v) is 28.6. The van der Waals surface area contributed by atoms with Crippen molar-refractivity contribution in [2.45, 2.75) is 145 Å². The van der Waals surface area contributed by atoms with Crippen molar-refractivity contribution in [1.82, 2.24) is 10.2 Å². The highest BCUT2D eigenvalue weighted by Crippen LogP contribution is 2.68. The summed E-state index contributed by atoms with van der Waals surface area (Å²) >= 11 is 0. The second kappa shape index (κ2) is 11.4. The highest BCUT2D eigenvalue weighted by atomic mass is 16.4. The van der Waals surface area contributed by atoms with E-state index in [9.17, 15) is 14.9 Å². The van der Waals surface area contributed by atoms with E-state index in [0.717, 1.165) is 88.0 Å². The number of hydrogen-bond donors (Lipinski definition) is 0. The van der Waals surface area contributed by atoms with Gasteiger partial charge in [-0.25, -0.2) is 0 Å². The predicted molar refractivity (Wildman–Crippen MR) is 170 cm³/mol. The first kappa shape index (κ1) is 33.3. The van der Waals surface area contributed by atoms with Gasteiger partial charge in [0.25, 0.3) is 0 Å². The fourth-order valence-corrected chi connectivity index (χ4v) is 9.11. The van der Waals surface area contributed by atoms with Gasteiger partial charge in [-0.2, -0.15) is 5.26 Å². The molecular formula is C37H55N3O3. The average Bonchev–Trinajstić information content (AvgIpc) is 3.40. The summed E-state index contributed by atoms with van der Waals surface area (Å²) in [4.78, 5) is 26.4. The van der Waals surface area contributed by atoms with Gasteiger partial charge in [-0.1, -0.05) is 80.4 Å². The quantitative estimate of drug-likeness (QED) is 0.318. The molecule has 1 aromatic rings. The van der Waals surface area contributed by atoms with Gasteiger partial charge in [0.1, 0.15) is 6.07 Å². The topological polar surface area (TPSA) is 96.9 Å². The van der Waals surface area contributed by atoms with Gasteiger partial charge < -0.3 is 4.42 Å². The minimum absolute atomic E-state index is 0.0194. The Kier molecular flexibility index (Phi) is 8.86. The lowest BCUT2D eigenvalue weighted by molar-refractivity contribution is -0.131. The summed E-state index contributed by atoms with van der Waals surface area (Å²) in [6.45, 7) is 21.8. The van der Waals surface area contributed by atoms with Gasteiger partial charge in [-0.05, 0) is 93.0 Å². The number of nitrogens with zero attached hydrogens (tertiary/aromatic N) is 3. The van der Waals surface area contributed by atoms with Crippen LogP contribution in [0.3, 0.4) is 0 Å². The molecule has 2 fully saturated rings. The van der Waals surface area contributed by atoms with Gasteiger partial charge in [0.05, 0.1) is 5.57 Å². The lowest BCUT2D eigenvalue weighted by atomic mass is 9.41. The molecule has 0 spiro atoms. The molecule has 4 rings (SSSR count). The molecule has 5 atom stereocenters. The zero-order chi connectivity index (χ0) is 32.1. The number of Topliss-reactive ketones (excluding diaryl/α,β-unsaturated/α-hetero) is 1. The number of aryl methyl sites for hydroxylation is 1. The van der Waals surface area contributed by atoms with E-state index in [1.165, 1.54) is 0 Å². The minimum Gasteiger partial charge on any atom is -0.425 e. The third kappa shape index (κ3) is 5.83. The van der Waals surface area contributed by atoms with Crippen molar-refractivity contribution in [3.63, 3.8) is 0 Å². The second-order valence-corrected chi connectivity index (χ2v) is 16.5. The van der Waals surface area contributed by atoms with Crippen molar-refractivity contribution >= 4 is 11.6 Å². The van der Waals surface area contributed by atoms with Crippen LogP contribution in [0, 0.1) is 44.3 Å². The fourth-order valence-electron chi connectivity index (χ4n) is 9.11. The number of allylic oxidation sites excluding steroid dienone is 4. The number of fused-ring (bicyclic) bond motifs is 1. The van der Waals surface area contributed by atoms with Crippen LogP contribution in [0.2, 0.25) is 0 Å². The molecule has 3 aliphatic rings. The number of aromatic nitrogens is 2. The van der Waals surface area contributed by atoms with E-state index < -0.39 is 10.8 Å². The molecule has 0 bridgehead atoms. The molecule has 0 unspecified atom stereocenters. The predicted octanol–water partition coefficient (Wildman–Crippen LogP) is 9.05. The average molecular weight is 590 g/mol. The van der Waals surface area contributed by atoms with Crippen LogP contribution in [0.1, 0.15) is 145 Å². The highest BCUT2D eigenvalue weighted by Gasteiger charge is 2.62. The van der Waals surface area contributed by atoms with Gasteiger partial charge in [0, 0.05) is 22.7 Å². The van der Waals surface area contributed by atoms with Crippen LogP contribution in [-0.4, -0.2) is 21.8 Å². The number of nitriles is 1. The summed E-state index contributed by atoms with van der Waals surface area (Å²) in [5.41, 5.74) is -0.410. The molecule has 0 aromatic carbocycles. The monoisotopic (exact) mass is 589 g/mol. The molecule has 0 amide bonds. The Morgan fingerprint density at radius 3 is 2.30 bits per heavy atom. The first-order valence-corrected chi connectivity index (χ1v) is 16.6. The molecular weight excluding hydrogens is 534 g/mol. The summed E-state index contributed by atoms with van der Waals surface area (Å²) in [5, 5.41) is 19.0. The van der Waals surface area contributed by atoms with Gasteiger partial charge in [0.2, 0.25) is 11.8 Å². The van der Waals surface area contributed by atoms with Gasteiger partial charge in [-0.15, -0.1) is 10.2 Å². The van der Waals surface area contributed by atoms with E-state index in [2.05, 4.69) is 64.7 Å². The summed E-state index contributed by atoms with van der Waals surface area (Å²) in [6.07, 6.45) is 14.6. The molecule has 2 saturated carbocycles. The van der Waals surface area contributed by atoms with E-state index in [-0.39, 0.29) is 44.7 Å². The lowest BCUT2D eigenvalue weighted by Crippen LogP contribution is -2.56. The number of ketones is 2. The molecule has 6 nitrogen and oxygen atoms in total. The largest absolute Gasteiger partial charge is 0.425 e. The molecule has 6 heteroatoms. The van der Waals surface area contributed by atoms with Crippen molar-refractivity contribution in [2.75, 3.05) is 0 Å². The Hall–Kier alpha value is -2.55. The Morgan fingerprint density at radius 1 is 1.00 bits per heavy atom. The lowest BCUT2D eigenvalue weighted by Gasteiger charge is -2.62. The molecule has 1 heterocycles. The van der Waals surface area contributed by atoms with Crippen molar-refractivity contribution < 1.29 is 14.0 Å². The Morgan fingerprint density at radius 2 is 1.67 bits per heavy atom. The summed E-state index contributed by atoms with van der Waals surface area (Å²) in [5.74, 6) is 1.44. The first-order valence-electron chi connectivity index (χ1n) is 16.6. The van der Waals surface area contributed by atoms with Crippen molar-refractivity contribution in [3.8, 4) is 6.07 Å². The SMILES string of the molecule is CCCc1nnc([C@@]2(C)CCC(C)(C)CCC[C@](C)([C@]3(C)CC[C@H]4C(C)(C)C(=O)C(C#N)=C[C@]4(C)/C3=C/C(C)=O)CC2)o1. The van der Waals surface area contributed by atoms with Crippen LogP contribution in [0.4, 0.5) is 0 Å². The summed E-state index contributed by atoms with van der Waals surface area (Å²) in [6, 6.07) is 2.22. The summed E-state index contributed by atoms with van der Waals surface area (Å²) < 4.78 is 6.31. The zero-order valence-electron chi connectivity index (χ0n) is 28.6. The molecule has 0 aliphatic heterocycles. The number of carbonyl (C=O) groups is 2. The number of rotatable bonds is 5. The third-order valence-electron chi connectivity index (χ3n) is 12.4. The Bertz CT molecular complexity index is 1360. The van der Waals surface area contributed by atoms with Gasteiger partial charge in [-0.3, -0.25) is 9.59 Å². The van der Waals surface area contributed by atoms with Crippen molar-refractivity contribution in [1.29, 1.82) is 5.26 Å².